The quantitative estimate of drug-likeness (QED) is 0.443. The number of rotatable bonds is 5. The summed E-state index contributed by atoms with van der Waals surface area (Å²) in [7, 11) is 1.42. The molecule has 0 bridgehead atoms. The van der Waals surface area contributed by atoms with Crippen molar-refractivity contribution in [2.75, 3.05) is 20.2 Å². The SMILES string of the molecule is COC(=O)[C@@H](c1ccccc1)N1C[C@@H](c2cc(Cl)ccc2O)[C@H](c2ccccc2Br)C1. The number of nitrogens with zero attached hydrogens (tertiary/aromatic N) is 1. The molecule has 6 heteroatoms. The van der Waals surface area contributed by atoms with Crippen molar-refractivity contribution in [1.29, 1.82) is 0 Å². The summed E-state index contributed by atoms with van der Waals surface area (Å²) in [6.07, 6.45) is 0. The molecule has 0 aliphatic carbocycles. The highest BCUT2D eigenvalue weighted by atomic mass is 79.9. The molecule has 160 valence electrons. The lowest BCUT2D eigenvalue weighted by atomic mass is 9.84. The molecule has 4 nitrogen and oxygen atoms in total. The lowest BCUT2D eigenvalue weighted by Gasteiger charge is -2.26. The van der Waals surface area contributed by atoms with Crippen LogP contribution >= 0.6 is 27.5 Å². The largest absolute Gasteiger partial charge is 0.508 e. The van der Waals surface area contributed by atoms with Crippen LogP contribution in [0.3, 0.4) is 0 Å². The molecule has 1 heterocycles. The van der Waals surface area contributed by atoms with Gasteiger partial charge in [0.05, 0.1) is 7.11 Å². The molecular weight excluding hydrogens is 478 g/mol. The van der Waals surface area contributed by atoms with E-state index in [4.69, 9.17) is 16.3 Å². The third-order valence-corrected chi connectivity index (χ3v) is 6.90. The molecule has 3 atom stereocenters. The van der Waals surface area contributed by atoms with Crippen LogP contribution in [0.1, 0.15) is 34.6 Å². The highest BCUT2D eigenvalue weighted by Gasteiger charge is 2.42. The molecule has 0 amide bonds. The highest BCUT2D eigenvalue weighted by molar-refractivity contribution is 9.10. The van der Waals surface area contributed by atoms with Crippen LogP contribution in [0.25, 0.3) is 0 Å². The van der Waals surface area contributed by atoms with E-state index in [0.29, 0.717) is 18.1 Å². The number of halogens is 2. The van der Waals surface area contributed by atoms with Crippen LogP contribution in [-0.2, 0) is 9.53 Å². The van der Waals surface area contributed by atoms with Crippen molar-refractivity contribution in [3.05, 3.63) is 99.0 Å². The summed E-state index contributed by atoms with van der Waals surface area (Å²) in [5, 5.41) is 11.2. The number of esters is 1. The first-order chi connectivity index (χ1) is 15.0. The summed E-state index contributed by atoms with van der Waals surface area (Å²) < 4.78 is 6.17. The van der Waals surface area contributed by atoms with E-state index in [1.807, 2.05) is 54.6 Å². The Bertz CT molecular complexity index is 1080. The van der Waals surface area contributed by atoms with Gasteiger partial charge in [0.1, 0.15) is 11.8 Å². The smallest absolute Gasteiger partial charge is 0.327 e. The molecule has 1 N–H and O–H groups in total. The van der Waals surface area contributed by atoms with Gasteiger partial charge >= 0.3 is 5.97 Å². The fraction of sp³-hybridized carbons (Fsp3) is 0.240. The lowest BCUT2D eigenvalue weighted by molar-refractivity contribution is -0.146. The standard InChI is InChI=1S/C25H23BrClNO3/c1-31-25(30)24(16-7-3-2-4-8-16)28-14-20(18-9-5-6-10-22(18)26)21(15-28)19-13-17(27)11-12-23(19)29/h2-13,20-21,24,29H,14-15H2,1H3/t20-,21-,24+/m0/s1. The van der Waals surface area contributed by atoms with E-state index < -0.39 is 6.04 Å². The van der Waals surface area contributed by atoms with Gasteiger partial charge in [-0.1, -0.05) is 76.1 Å². The lowest BCUT2D eigenvalue weighted by Crippen LogP contribution is -2.33. The Labute approximate surface area is 195 Å². The normalized spacial score (nSPS) is 19.8. The molecule has 0 radical (unpaired) electrons. The second-order valence-corrected chi connectivity index (χ2v) is 9.02. The Morgan fingerprint density at radius 2 is 1.68 bits per heavy atom. The zero-order chi connectivity index (χ0) is 22.0. The average Bonchev–Trinajstić information content (AvgIpc) is 3.20. The summed E-state index contributed by atoms with van der Waals surface area (Å²) in [5.41, 5.74) is 2.80. The van der Waals surface area contributed by atoms with Crippen LogP contribution in [0.2, 0.25) is 5.02 Å². The second-order valence-electron chi connectivity index (χ2n) is 7.73. The summed E-state index contributed by atoms with van der Waals surface area (Å²) >= 11 is 9.97. The van der Waals surface area contributed by atoms with E-state index in [0.717, 1.165) is 21.2 Å². The number of likely N-dealkylation sites (tertiary alicyclic amines) is 1. The molecule has 0 spiro atoms. The van der Waals surface area contributed by atoms with E-state index in [1.165, 1.54) is 7.11 Å². The number of ether oxygens (including phenoxy) is 1. The fourth-order valence-electron chi connectivity index (χ4n) is 4.52. The molecule has 1 aliphatic rings. The number of carbonyl (C=O) groups is 1. The van der Waals surface area contributed by atoms with Gasteiger partial charge in [0, 0.05) is 40.0 Å². The summed E-state index contributed by atoms with van der Waals surface area (Å²) in [5.74, 6) is -0.0836. The first kappa shape index (κ1) is 21.9. The van der Waals surface area contributed by atoms with Crippen LogP contribution in [0.5, 0.6) is 5.75 Å². The third-order valence-electron chi connectivity index (χ3n) is 5.95. The van der Waals surface area contributed by atoms with Crippen molar-refractivity contribution in [2.45, 2.75) is 17.9 Å². The predicted octanol–water partition coefficient (Wildman–Crippen LogP) is 5.91. The molecule has 31 heavy (non-hydrogen) atoms. The summed E-state index contributed by atoms with van der Waals surface area (Å²) in [6.45, 7) is 1.21. The van der Waals surface area contributed by atoms with Gasteiger partial charge in [-0.15, -0.1) is 0 Å². The molecule has 3 aromatic carbocycles. The predicted molar refractivity (Wildman–Crippen MR) is 126 cm³/mol. The van der Waals surface area contributed by atoms with Gasteiger partial charge in [0.2, 0.25) is 0 Å². The van der Waals surface area contributed by atoms with E-state index in [9.17, 15) is 9.90 Å². The van der Waals surface area contributed by atoms with Crippen LogP contribution in [-0.4, -0.2) is 36.2 Å². The Hall–Kier alpha value is -2.34. The van der Waals surface area contributed by atoms with E-state index in [-0.39, 0.29) is 23.6 Å². The van der Waals surface area contributed by atoms with Gasteiger partial charge in [-0.2, -0.15) is 0 Å². The van der Waals surface area contributed by atoms with Gasteiger partial charge in [-0.05, 0) is 35.4 Å². The Morgan fingerprint density at radius 1 is 1.03 bits per heavy atom. The Morgan fingerprint density at radius 3 is 2.35 bits per heavy atom. The molecule has 4 rings (SSSR count). The fourth-order valence-corrected chi connectivity index (χ4v) is 5.28. The number of methoxy groups -OCH3 is 1. The van der Waals surface area contributed by atoms with E-state index >= 15 is 0 Å². The minimum absolute atomic E-state index is 0.0479. The number of hydrogen-bond donors (Lipinski definition) is 1. The minimum atomic E-state index is -0.525. The number of phenolic OH excluding ortho intramolecular Hbond substituents is 1. The van der Waals surface area contributed by atoms with Crippen LogP contribution in [0.15, 0.2) is 77.3 Å². The van der Waals surface area contributed by atoms with Gasteiger partial charge in [0.25, 0.3) is 0 Å². The Kier molecular flexibility index (Phi) is 6.65. The molecule has 1 fully saturated rings. The summed E-state index contributed by atoms with van der Waals surface area (Å²) in [4.78, 5) is 15.0. The molecule has 0 saturated carbocycles. The molecule has 3 aromatic rings. The second kappa shape index (κ2) is 9.43. The van der Waals surface area contributed by atoms with Crippen molar-refractivity contribution >= 4 is 33.5 Å². The van der Waals surface area contributed by atoms with Crippen molar-refractivity contribution < 1.29 is 14.6 Å². The van der Waals surface area contributed by atoms with Gasteiger partial charge < -0.3 is 9.84 Å². The molecule has 0 unspecified atom stereocenters. The number of hydrogen-bond acceptors (Lipinski definition) is 4. The molecular formula is C25H23BrClNO3. The summed E-state index contributed by atoms with van der Waals surface area (Å²) in [6, 6.07) is 22.4. The Balaban J connectivity index is 1.79. The van der Waals surface area contributed by atoms with Crippen molar-refractivity contribution in [2.24, 2.45) is 0 Å². The van der Waals surface area contributed by atoms with Crippen LogP contribution in [0.4, 0.5) is 0 Å². The zero-order valence-electron chi connectivity index (χ0n) is 17.0. The van der Waals surface area contributed by atoms with Crippen molar-refractivity contribution in [3.8, 4) is 5.75 Å². The first-order valence-electron chi connectivity index (χ1n) is 10.1. The number of benzene rings is 3. The number of carbonyl (C=O) groups excluding carboxylic acids is 1. The van der Waals surface area contributed by atoms with E-state index in [1.54, 1.807) is 12.1 Å². The van der Waals surface area contributed by atoms with Gasteiger partial charge in [-0.25, -0.2) is 4.79 Å². The molecule has 0 aromatic heterocycles. The average molecular weight is 501 g/mol. The third kappa shape index (κ3) is 4.49. The highest BCUT2D eigenvalue weighted by Crippen LogP contribution is 2.47. The van der Waals surface area contributed by atoms with Crippen LogP contribution < -0.4 is 0 Å². The number of phenols is 1. The molecule has 1 saturated heterocycles. The zero-order valence-corrected chi connectivity index (χ0v) is 19.4. The van der Waals surface area contributed by atoms with Gasteiger partial charge in [0.15, 0.2) is 0 Å². The van der Waals surface area contributed by atoms with Gasteiger partial charge in [-0.3, -0.25) is 4.90 Å². The van der Waals surface area contributed by atoms with Crippen LogP contribution in [0, 0.1) is 0 Å². The van der Waals surface area contributed by atoms with Crippen molar-refractivity contribution in [3.63, 3.8) is 0 Å². The first-order valence-corrected chi connectivity index (χ1v) is 11.3. The topological polar surface area (TPSA) is 49.8 Å². The maximum absolute atomic E-state index is 12.8. The van der Waals surface area contributed by atoms with Crippen molar-refractivity contribution in [1.82, 2.24) is 4.90 Å². The minimum Gasteiger partial charge on any atom is -0.508 e. The maximum atomic E-state index is 12.8. The van der Waals surface area contributed by atoms with E-state index in [2.05, 4.69) is 26.9 Å². The molecule has 1 aliphatic heterocycles. The monoisotopic (exact) mass is 499 g/mol. The number of aromatic hydroxyl groups is 1. The maximum Gasteiger partial charge on any atom is 0.327 e.